The minimum Gasteiger partial charge on any atom is -0.456 e. The smallest absolute Gasteiger partial charge is 0.137 e. The molecule has 0 fully saturated rings. The van der Waals surface area contributed by atoms with Gasteiger partial charge in [0.15, 0.2) is 0 Å². The third-order valence-electron chi connectivity index (χ3n) is 27.3. The molecule has 0 N–H and O–H groups in total. The molecule has 0 saturated heterocycles. The number of para-hydroxylation sites is 11. The van der Waals surface area contributed by atoms with Crippen LogP contribution in [0.15, 0.2) is 482 Å². The molecule has 0 bridgehead atoms. The standard InChI is InChI=1S/2C42H26N2O.C40H26N2/c1-2-10-29(11-3-1)43-37-15-7-4-12-31(37)35-24-27(18-22-39(35)43)28-19-23-40-36(25-28)32-13-5-8-16-38(32)44(40)30-20-21-34-33-14-6-9-17-41(33)45-42(34)26-30;1-2-10-29(11-3-1)43-37-15-7-4-12-31(37)34-24-27(18-21-39(34)43)28-19-22-40-35(25-28)32-13-5-8-16-38(32)44(40)30-20-23-42-36(26-30)33-14-6-9-17-41(33)45-42;1-2-12-31(13-3-1)41-37-16-8-6-14-33(37)35-25-29(19-22-39(35)41)30-20-23-40-36(26-30)34-15-7-9-17-38(34)42(40)32-21-18-27-10-4-5-11-28(27)24-32/h2*1-26H;1-26H. The number of hydrogen-bond acceptors (Lipinski definition) is 2. The first-order chi connectivity index (χ1) is 65.5. The lowest BCUT2D eigenvalue weighted by Gasteiger charge is -2.10. The summed E-state index contributed by atoms with van der Waals surface area (Å²) in [5.41, 5.74) is 32.4. The normalized spacial score (nSPS) is 11.9. The van der Waals surface area contributed by atoms with Crippen LogP contribution in [0.3, 0.4) is 0 Å². The highest BCUT2D eigenvalue weighted by Gasteiger charge is 2.24. The maximum Gasteiger partial charge on any atom is 0.137 e. The third kappa shape index (κ3) is 11.9. The van der Waals surface area contributed by atoms with E-state index < -0.39 is 0 Å². The molecule has 0 aliphatic rings. The number of hydrogen-bond donors (Lipinski definition) is 0. The molecular formula is C124H78N6O2. The lowest BCUT2D eigenvalue weighted by molar-refractivity contribution is 0.668. The molecule has 616 valence electrons. The van der Waals surface area contributed by atoms with Crippen LogP contribution in [0.5, 0.6) is 0 Å². The van der Waals surface area contributed by atoms with Crippen LogP contribution >= 0.6 is 0 Å². The van der Waals surface area contributed by atoms with Crippen molar-refractivity contribution in [3.05, 3.63) is 473 Å². The molecule has 0 aliphatic heterocycles. The Morgan fingerprint density at radius 3 is 0.705 bits per heavy atom. The highest BCUT2D eigenvalue weighted by Crippen LogP contribution is 2.46. The van der Waals surface area contributed by atoms with Gasteiger partial charge < -0.3 is 36.2 Å². The van der Waals surface area contributed by atoms with Crippen LogP contribution in [0.2, 0.25) is 0 Å². The van der Waals surface area contributed by atoms with Crippen LogP contribution in [0.1, 0.15) is 0 Å². The predicted molar refractivity (Wildman–Crippen MR) is 554 cm³/mol. The van der Waals surface area contributed by atoms with Gasteiger partial charge in [-0.1, -0.05) is 267 Å². The van der Waals surface area contributed by atoms with Crippen molar-refractivity contribution in [2.45, 2.75) is 0 Å². The highest BCUT2D eigenvalue weighted by atomic mass is 16.3. The van der Waals surface area contributed by atoms with E-state index in [9.17, 15) is 0 Å². The van der Waals surface area contributed by atoms with Crippen molar-refractivity contribution in [1.82, 2.24) is 27.4 Å². The van der Waals surface area contributed by atoms with Crippen molar-refractivity contribution in [3.63, 3.8) is 0 Å². The number of furan rings is 2. The van der Waals surface area contributed by atoms with Crippen molar-refractivity contribution in [2.24, 2.45) is 0 Å². The van der Waals surface area contributed by atoms with E-state index >= 15 is 0 Å². The molecule has 8 nitrogen and oxygen atoms in total. The Kier molecular flexibility index (Phi) is 16.9. The first-order valence-electron chi connectivity index (χ1n) is 45.2. The minimum atomic E-state index is 0.902. The second-order valence-corrected chi connectivity index (χ2v) is 34.6. The molecule has 29 aromatic rings. The fourth-order valence-electron chi connectivity index (χ4n) is 21.3. The van der Waals surface area contributed by atoms with E-state index in [0.717, 1.165) is 55.3 Å². The van der Waals surface area contributed by atoms with E-state index in [1.54, 1.807) is 0 Å². The summed E-state index contributed by atoms with van der Waals surface area (Å²) in [4.78, 5) is 0. The average Bonchev–Trinajstić information content (AvgIpc) is 1.58. The van der Waals surface area contributed by atoms with Crippen LogP contribution in [0, 0.1) is 0 Å². The Labute approximate surface area is 757 Å². The summed E-state index contributed by atoms with van der Waals surface area (Å²) < 4.78 is 26.7. The Morgan fingerprint density at radius 2 is 0.348 bits per heavy atom. The summed E-state index contributed by atoms with van der Waals surface area (Å²) in [6.45, 7) is 0. The Balaban J connectivity index is 0.000000101. The number of fused-ring (bicyclic) bond motifs is 25. The number of rotatable bonds is 9. The summed E-state index contributed by atoms with van der Waals surface area (Å²) in [6, 6.07) is 171. The van der Waals surface area contributed by atoms with Crippen molar-refractivity contribution in [1.29, 1.82) is 0 Å². The van der Waals surface area contributed by atoms with E-state index in [0.29, 0.717) is 0 Å². The van der Waals surface area contributed by atoms with E-state index in [4.69, 9.17) is 8.83 Å². The second kappa shape index (κ2) is 30.0. The number of nitrogens with zero attached hydrogens (tertiary/aromatic N) is 6. The molecule has 0 unspecified atom stereocenters. The molecule has 8 aromatic heterocycles. The van der Waals surface area contributed by atoms with Crippen molar-refractivity contribution < 1.29 is 8.83 Å². The molecule has 0 saturated carbocycles. The average molecular weight is 1680 g/mol. The van der Waals surface area contributed by atoms with Gasteiger partial charge in [-0.3, -0.25) is 0 Å². The van der Waals surface area contributed by atoms with Gasteiger partial charge in [0, 0.05) is 126 Å². The molecule has 0 amide bonds. The zero-order chi connectivity index (χ0) is 86.6. The van der Waals surface area contributed by atoms with Gasteiger partial charge in [0.1, 0.15) is 22.3 Å². The topological polar surface area (TPSA) is 55.9 Å². The van der Waals surface area contributed by atoms with Crippen molar-refractivity contribution in [2.75, 3.05) is 0 Å². The Bertz CT molecular complexity index is 9740. The van der Waals surface area contributed by atoms with E-state index in [-0.39, 0.29) is 0 Å². The lowest BCUT2D eigenvalue weighted by Crippen LogP contribution is -1.93. The SMILES string of the molecule is c1ccc(-n2c3ccccc3c3cc(-c4ccc5c(c4)c4ccccc4n5-c4ccc5c(c4)oc4ccccc45)ccc32)cc1.c1ccc(-n2c3ccccc3c3cc(-c4ccc5c(c4)c4ccccc4n5-c4ccc5ccccc5c4)ccc32)cc1.c1ccc(-n2c3ccccc3c3cc(-c4ccc5c(c4)c4ccccc4n5-c4ccc5oc6ccccc6c5c4)ccc32)cc1. The molecule has 0 atom stereocenters. The molecule has 0 aliphatic carbocycles. The van der Waals surface area contributed by atoms with Gasteiger partial charge >= 0.3 is 0 Å². The number of aromatic nitrogens is 6. The first-order valence-corrected chi connectivity index (χ1v) is 45.2. The van der Waals surface area contributed by atoms with Crippen LogP contribution in [0.4, 0.5) is 0 Å². The zero-order valence-corrected chi connectivity index (χ0v) is 71.5. The molecule has 21 aromatic carbocycles. The summed E-state index contributed by atoms with van der Waals surface area (Å²) in [7, 11) is 0. The van der Waals surface area contributed by atoms with E-state index in [1.807, 2.05) is 24.3 Å². The summed E-state index contributed by atoms with van der Waals surface area (Å²) in [6.07, 6.45) is 0. The van der Waals surface area contributed by atoms with Crippen molar-refractivity contribution >= 4 is 185 Å². The molecule has 0 spiro atoms. The van der Waals surface area contributed by atoms with Crippen LogP contribution in [-0.2, 0) is 0 Å². The Hall–Kier alpha value is -17.7. The second-order valence-electron chi connectivity index (χ2n) is 34.6. The van der Waals surface area contributed by atoms with Gasteiger partial charge in [0.25, 0.3) is 0 Å². The largest absolute Gasteiger partial charge is 0.456 e. The molecule has 0 radical (unpaired) electrons. The quantitative estimate of drug-likeness (QED) is 0.145. The molecule has 8 heteroatoms. The van der Waals surface area contributed by atoms with Crippen LogP contribution in [-0.4, -0.2) is 27.4 Å². The molecule has 8 heterocycles. The van der Waals surface area contributed by atoms with Gasteiger partial charge in [-0.05, 0) is 244 Å². The van der Waals surface area contributed by atoms with Gasteiger partial charge in [-0.25, -0.2) is 0 Å². The molecule has 132 heavy (non-hydrogen) atoms. The van der Waals surface area contributed by atoms with Gasteiger partial charge in [0.2, 0.25) is 0 Å². The molecular weight excluding hydrogens is 1610 g/mol. The van der Waals surface area contributed by atoms with Crippen LogP contribution < -0.4 is 0 Å². The summed E-state index contributed by atoms with van der Waals surface area (Å²) in [5.74, 6) is 0. The van der Waals surface area contributed by atoms with Crippen LogP contribution in [0.25, 0.3) is 253 Å². The molecule has 29 rings (SSSR count). The fourth-order valence-corrected chi connectivity index (χ4v) is 21.3. The minimum absolute atomic E-state index is 0.902. The lowest BCUT2D eigenvalue weighted by atomic mass is 10.0. The number of benzene rings is 21. The van der Waals surface area contributed by atoms with Gasteiger partial charge in [-0.15, -0.1) is 0 Å². The summed E-state index contributed by atoms with van der Waals surface area (Å²) in [5, 5.41) is 22.1. The highest BCUT2D eigenvalue weighted by molar-refractivity contribution is 6.18. The van der Waals surface area contributed by atoms with Crippen molar-refractivity contribution in [3.8, 4) is 67.5 Å². The monoisotopic (exact) mass is 1680 g/mol. The van der Waals surface area contributed by atoms with Gasteiger partial charge in [-0.2, -0.15) is 0 Å². The predicted octanol–water partition coefficient (Wildman–Crippen LogP) is 33.6. The summed E-state index contributed by atoms with van der Waals surface area (Å²) >= 11 is 0. The maximum atomic E-state index is 6.27. The van der Waals surface area contributed by atoms with E-state index in [2.05, 4.69) is 476 Å². The maximum absolute atomic E-state index is 6.27. The van der Waals surface area contributed by atoms with Gasteiger partial charge in [0.05, 0.1) is 66.2 Å². The Morgan fingerprint density at radius 1 is 0.114 bits per heavy atom. The first kappa shape index (κ1) is 74.5. The van der Waals surface area contributed by atoms with E-state index in [1.165, 1.54) is 198 Å². The zero-order valence-electron chi connectivity index (χ0n) is 71.5. The third-order valence-corrected chi connectivity index (χ3v) is 27.3. The fraction of sp³-hybridized carbons (Fsp3) is 0.